The first-order chi connectivity index (χ1) is 4.68. The lowest BCUT2D eigenvalue weighted by Crippen LogP contribution is -1.96. The Balaban J connectivity index is 2.58. The van der Waals surface area contributed by atoms with Crippen LogP contribution in [0.5, 0.6) is 0 Å². The number of tetrazole rings is 1. The van der Waals surface area contributed by atoms with Gasteiger partial charge in [0.25, 0.3) is 0 Å². The summed E-state index contributed by atoms with van der Waals surface area (Å²) in [5.41, 5.74) is 0. The van der Waals surface area contributed by atoms with Crippen LogP contribution in [0.25, 0.3) is 0 Å². The molecule has 0 aliphatic carbocycles. The summed E-state index contributed by atoms with van der Waals surface area (Å²) in [5, 5.41) is 11.0. The van der Waals surface area contributed by atoms with Crippen LogP contribution in [0.15, 0.2) is 0 Å². The van der Waals surface area contributed by atoms with Crippen molar-refractivity contribution in [1.29, 1.82) is 0 Å². The highest BCUT2D eigenvalue weighted by atomic mass is 35.5. The van der Waals surface area contributed by atoms with Crippen molar-refractivity contribution in [2.24, 2.45) is 5.92 Å². The Hall–Kier alpha value is -0.640. The van der Waals surface area contributed by atoms with Gasteiger partial charge in [-0.25, -0.2) is 0 Å². The van der Waals surface area contributed by atoms with Crippen LogP contribution in [0, 0.1) is 5.92 Å². The number of hydrogen-bond donors (Lipinski definition) is 0. The van der Waals surface area contributed by atoms with E-state index >= 15 is 0 Å². The number of aromatic nitrogens is 4. The predicted octanol–water partition coefficient (Wildman–Crippen LogP) is 0.873. The van der Waals surface area contributed by atoms with Gasteiger partial charge in [0.1, 0.15) is 0 Å². The molecule has 5 heteroatoms. The van der Waals surface area contributed by atoms with E-state index in [0.29, 0.717) is 11.7 Å². The lowest BCUT2D eigenvalue weighted by atomic mass is 10.1. The molecule has 1 rings (SSSR count). The molecule has 0 fully saturated rings. The van der Waals surface area contributed by atoms with E-state index in [9.17, 15) is 0 Å². The molecule has 1 aromatic heterocycles. The quantitative estimate of drug-likeness (QED) is 0.645. The summed E-state index contributed by atoms with van der Waals surface area (Å²) >= 11 is 5.38. The molecule has 0 aliphatic rings. The Bertz CT molecular complexity index is 207. The molecule has 0 aliphatic heterocycles. The fourth-order valence-corrected chi connectivity index (χ4v) is 0.792. The summed E-state index contributed by atoms with van der Waals surface area (Å²) < 4.78 is 0.956. The smallest absolute Gasteiger partial charge is 0.120 e. The summed E-state index contributed by atoms with van der Waals surface area (Å²) in [5.74, 6) is 1.24. The molecule has 0 aromatic carbocycles. The van der Waals surface area contributed by atoms with Gasteiger partial charge in [-0.1, -0.05) is 18.2 Å². The van der Waals surface area contributed by atoms with E-state index in [-0.39, 0.29) is 0 Å². The zero-order valence-electron chi connectivity index (χ0n) is 5.95. The second-order valence-electron chi connectivity index (χ2n) is 2.54. The Morgan fingerprint density at radius 2 is 2.30 bits per heavy atom. The molecule has 0 N–H and O–H groups in total. The number of nitrogens with zero attached hydrogens (tertiary/aromatic N) is 4. The largest absolute Gasteiger partial charge is 0.176 e. The summed E-state index contributed by atoms with van der Waals surface area (Å²) in [6.07, 6.45) is 0.826. The molecule has 0 atom stereocenters. The van der Waals surface area contributed by atoms with Gasteiger partial charge in [-0.3, -0.25) is 0 Å². The SMILES string of the molecule is CC(C)Cc1nnn(Cl)n1. The molecule has 1 heterocycles. The highest BCUT2D eigenvalue weighted by Gasteiger charge is 2.02. The minimum absolute atomic E-state index is 0.542. The topological polar surface area (TPSA) is 43.6 Å². The Morgan fingerprint density at radius 3 is 2.70 bits per heavy atom. The number of rotatable bonds is 2. The maximum Gasteiger partial charge on any atom is 0.176 e. The third-order valence-electron chi connectivity index (χ3n) is 1.02. The number of hydrogen-bond acceptors (Lipinski definition) is 3. The fourth-order valence-electron chi connectivity index (χ4n) is 0.671. The standard InChI is InChI=1S/C5H9ClN4/c1-4(2)3-5-7-9-10(6)8-5/h4H,3H2,1-2H3. The van der Waals surface area contributed by atoms with Gasteiger partial charge in [-0.15, -0.1) is 10.2 Å². The molecule has 0 saturated carbocycles. The third-order valence-corrected chi connectivity index (χ3v) is 1.17. The number of halogens is 1. The average molecular weight is 161 g/mol. The van der Waals surface area contributed by atoms with E-state index < -0.39 is 0 Å². The van der Waals surface area contributed by atoms with Crippen molar-refractivity contribution in [1.82, 2.24) is 19.7 Å². The summed E-state index contributed by atoms with van der Waals surface area (Å²) in [4.78, 5) is 0. The van der Waals surface area contributed by atoms with Crippen LogP contribution in [-0.4, -0.2) is 19.7 Å². The maximum absolute atomic E-state index is 5.38. The van der Waals surface area contributed by atoms with Crippen molar-refractivity contribution < 1.29 is 0 Å². The summed E-state index contributed by atoms with van der Waals surface area (Å²) in [6.45, 7) is 4.18. The Morgan fingerprint density at radius 1 is 1.60 bits per heavy atom. The van der Waals surface area contributed by atoms with Crippen LogP contribution in [0.1, 0.15) is 19.7 Å². The zero-order chi connectivity index (χ0) is 7.56. The zero-order valence-corrected chi connectivity index (χ0v) is 6.71. The van der Waals surface area contributed by atoms with Gasteiger partial charge in [0.2, 0.25) is 0 Å². The molecule has 10 heavy (non-hydrogen) atoms. The predicted molar refractivity (Wildman–Crippen MR) is 37.6 cm³/mol. The molecular formula is C5H9ClN4. The molecule has 0 radical (unpaired) electrons. The van der Waals surface area contributed by atoms with Crippen molar-refractivity contribution in [3.63, 3.8) is 0 Å². The van der Waals surface area contributed by atoms with Crippen LogP contribution in [-0.2, 0) is 6.42 Å². The van der Waals surface area contributed by atoms with E-state index in [0.717, 1.165) is 10.7 Å². The maximum atomic E-state index is 5.38. The van der Waals surface area contributed by atoms with Crippen molar-refractivity contribution in [3.8, 4) is 0 Å². The normalized spacial score (nSPS) is 10.8. The first-order valence-electron chi connectivity index (χ1n) is 3.13. The molecule has 0 unspecified atom stereocenters. The van der Waals surface area contributed by atoms with Gasteiger partial charge < -0.3 is 0 Å². The molecule has 0 bridgehead atoms. The summed E-state index contributed by atoms with van der Waals surface area (Å²) in [7, 11) is 0. The van der Waals surface area contributed by atoms with Crippen LogP contribution in [0.4, 0.5) is 0 Å². The summed E-state index contributed by atoms with van der Waals surface area (Å²) in [6, 6.07) is 0. The first-order valence-corrected chi connectivity index (χ1v) is 3.47. The van der Waals surface area contributed by atoms with E-state index in [1.54, 1.807) is 0 Å². The van der Waals surface area contributed by atoms with Crippen LogP contribution in [0.3, 0.4) is 0 Å². The lowest BCUT2D eigenvalue weighted by molar-refractivity contribution is 0.620. The molecular weight excluding hydrogens is 152 g/mol. The first kappa shape index (κ1) is 7.47. The molecule has 56 valence electrons. The minimum Gasteiger partial charge on any atom is -0.120 e. The highest BCUT2D eigenvalue weighted by Crippen LogP contribution is 2.00. The second-order valence-corrected chi connectivity index (χ2v) is 2.85. The van der Waals surface area contributed by atoms with E-state index in [1.165, 1.54) is 0 Å². The van der Waals surface area contributed by atoms with Crippen molar-refractivity contribution in [3.05, 3.63) is 5.82 Å². The minimum atomic E-state index is 0.542. The average Bonchev–Trinajstić information content (AvgIpc) is 2.13. The van der Waals surface area contributed by atoms with Crippen molar-refractivity contribution in [2.45, 2.75) is 20.3 Å². The van der Waals surface area contributed by atoms with Crippen LogP contribution < -0.4 is 0 Å². The van der Waals surface area contributed by atoms with E-state index in [2.05, 4.69) is 29.3 Å². The second kappa shape index (κ2) is 2.96. The van der Waals surface area contributed by atoms with Gasteiger partial charge in [0.05, 0.1) is 11.8 Å². The van der Waals surface area contributed by atoms with Crippen LogP contribution in [0.2, 0.25) is 0 Å². The van der Waals surface area contributed by atoms with Crippen molar-refractivity contribution in [2.75, 3.05) is 0 Å². The fraction of sp³-hybridized carbons (Fsp3) is 0.800. The third kappa shape index (κ3) is 1.95. The van der Waals surface area contributed by atoms with Gasteiger partial charge in [0.15, 0.2) is 5.82 Å². The highest BCUT2D eigenvalue weighted by molar-refractivity contribution is 6.13. The molecule has 1 aromatic rings. The Labute approximate surface area is 64.3 Å². The van der Waals surface area contributed by atoms with E-state index in [4.69, 9.17) is 11.8 Å². The van der Waals surface area contributed by atoms with Gasteiger partial charge in [-0.05, 0) is 11.1 Å². The Kier molecular flexibility index (Phi) is 2.21. The van der Waals surface area contributed by atoms with Gasteiger partial charge in [0, 0.05) is 6.42 Å². The molecule has 4 nitrogen and oxygen atoms in total. The van der Waals surface area contributed by atoms with Crippen LogP contribution >= 0.6 is 11.8 Å². The van der Waals surface area contributed by atoms with Gasteiger partial charge in [-0.2, -0.15) is 0 Å². The molecule has 0 spiro atoms. The molecule has 0 saturated heterocycles. The van der Waals surface area contributed by atoms with Gasteiger partial charge >= 0.3 is 0 Å². The van der Waals surface area contributed by atoms with E-state index in [1.807, 2.05) is 0 Å². The monoisotopic (exact) mass is 160 g/mol. The van der Waals surface area contributed by atoms with Crippen molar-refractivity contribution >= 4 is 11.8 Å². The molecule has 0 amide bonds. The lowest BCUT2D eigenvalue weighted by Gasteiger charge is -1.95.